The Labute approximate surface area is 152 Å². The average Bonchev–Trinajstić information content (AvgIpc) is 3.19. The second-order valence-corrected chi connectivity index (χ2v) is 6.78. The van der Waals surface area contributed by atoms with Gasteiger partial charge >= 0.3 is 0 Å². The summed E-state index contributed by atoms with van der Waals surface area (Å²) in [6.45, 7) is 4.54. The molecule has 0 bridgehead atoms. The van der Waals surface area contributed by atoms with E-state index < -0.39 is 0 Å². The number of amides is 1. The summed E-state index contributed by atoms with van der Waals surface area (Å²) in [6.07, 6.45) is 3.88. The summed E-state index contributed by atoms with van der Waals surface area (Å²) in [5.74, 6) is 0.636. The van der Waals surface area contributed by atoms with Crippen LogP contribution < -0.4 is 5.32 Å². The molecule has 2 aromatic heterocycles. The molecule has 1 aromatic carbocycles. The lowest BCUT2D eigenvalue weighted by atomic mass is 9.96. The maximum absolute atomic E-state index is 12.7. The summed E-state index contributed by atoms with van der Waals surface area (Å²) in [5.41, 5.74) is 5.01. The number of nitrogens with zero attached hydrogens (tertiary/aromatic N) is 3. The van der Waals surface area contributed by atoms with Crippen molar-refractivity contribution in [2.45, 2.75) is 46.1 Å². The lowest BCUT2D eigenvalue weighted by Gasteiger charge is -2.10. The van der Waals surface area contributed by atoms with Crippen molar-refractivity contribution in [1.29, 1.82) is 0 Å². The number of hydrogen-bond donors (Lipinski definition) is 1. The van der Waals surface area contributed by atoms with Gasteiger partial charge in [-0.2, -0.15) is 5.10 Å². The zero-order chi connectivity index (χ0) is 18.1. The smallest absolute Gasteiger partial charge is 0.278 e. The molecule has 0 fully saturated rings. The Kier molecular flexibility index (Phi) is 4.32. The van der Waals surface area contributed by atoms with Crippen LogP contribution in [0.2, 0.25) is 0 Å². The molecule has 6 nitrogen and oxygen atoms in total. The van der Waals surface area contributed by atoms with Gasteiger partial charge in [0.05, 0.1) is 23.6 Å². The van der Waals surface area contributed by atoms with Gasteiger partial charge in [0.2, 0.25) is 0 Å². The van der Waals surface area contributed by atoms with Gasteiger partial charge in [0.1, 0.15) is 5.76 Å². The van der Waals surface area contributed by atoms with Crippen LogP contribution in [0.15, 0.2) is 34.9 Å². The van der Waals surface area contributed by atoms with Crippen molar-refractivity contribution in [1.82, 2.24) is 14.9 Å². The summed E-state index contributed by atoms with van der Waals surface area (Å²) in [4.78, 5) is 12.7. The second-order valence-electron chi connectivity index (χ2n) is 6.78. The van der Waals surface area contributed by atoms with Crippen molar-refractivity contribution in [3.63, 3.8) is 0 Å². The molecule has 134 valence electrons. The van der Waals surface area contributed by atoms with Crippen LogP contribution in [-0.4, -0.2) is 20.8 Å². The highest BCUT2D eigenvalue weighted by Crippen LogP contribution is 2.26. The van der Waals surface area contributed by atoms with E-state index in [4.69, 9.17) is 4.52 Å². The number of carbonyl (C=O) groups excluding carboxylic acids is 1. The third-order valence-electron chi connectivity index (χ3n) is 4.96. The van der Waals surface area contributed by atoms with E-state index in [0.717, 1.165) is 54.1 Å². The Morgan fingerprint density at radius 3 is 2.77 bits per heavy atom. The SMILES string of the molecule is Cc1nn(Cc2ccccc2)c(C)c1NC(=O)c1noc2c1CCCC2. The van der Waals surface area contributed by atoms with Crippen LogP contribution in [0, 0.1) is 13.8 Å². The van der Waals surface area contributed by atoms with Crippen LogP contribution in [0.5, 0.6) is 0 Å². The first-order valence-electron chi connectivity index (χ1n) is 9.00. The summed E-state index contributed by atoms with van der Waals surface area (Å²) in [6, 6.07) is 10.1. The minimum absolute atomic E-state index is 0.220. The molecular formula is C20H22N4O2. The number of anilines is 1. The lowest BCUT2D eigenvalue weighted by Crippen LogP contribution is -2.16. The molecule has 26 heavy (non-hydrogen) atoms. The summed E-state index contributed by atoms with van der Waals surface area (Å²) in [5, 5.41) is 11.6. The molecule has 1 aliphatic rings. The Morgan fingerprint density at radius 2 is 1.96 bits per heavy atom. The molecule has 0 atom stereocenters. The van der Waals surface area contributed by atoms with Crippen molar-refractivity contribution in [3.8, 4) is 0 Å². The molecule has 0 radical (unpaired) electrons. The minimum Gasteiger partial charge on any atom is -0.360 e. The van der Waals surface area contributed by atoms with E-state index >= 15 is 0 Å². The molecule has 0 aliphatic heterocycles. The molecule has 0 unspecified atom stereocenters. The maximum atomic E-state index is 12.7. The van der Waals surface area contributed by atoms with E-state index in [-0.39, 0.29) is 5.91 Å². The van der Waals surface area contributed by atoms with Crippen molar-refractivity contribution in [2.24, 2.45) is 0 Å². The fourth-order valence-corrected chi connectivity index (χ4v) is 3.52. The molecular weight excluding hydrogens is 328 g/mol. The molecule has 0 saturated carbocycles. The van der Waals surface area contributed by atoms with Crippen LogP contribution in [0.25, 0.3) is 0 Å². The quantitative estimate of drug-likeness (QED) is 0.779. The van der Waals surface area contributed by atoms with Crippen molar-refractivity contribution >= 4 is 11.6 Å². The van der Waals surface area contributed by atoms with Gasteiger partial charge in [0.25, 0.3) is 5.91 Å². The van der Waals surface area contributed by atoms with Gasteiger partial charge in [0, 0.05) is 12.0 Å². The molecule has 0 saturated heterocycles. The first-order chi connectivity index (χ1) is 12.6. The topological polar surface area (TPSA) is 73.0 Å². The van der Waals surface area contributed by atoms with Crippen LogP contribution in [0.1, 0.15) is 51.6 Å². The number of aromatic nitrogens is 3. The van der Waals surface area contributed by atoms with Crippen molar-refractivity contribution < 1.29 is 9.32 Å². The summed E-state index contributed by atoms with van der Waals surface area (Å²) >= 11 is 0. The third-order valence-corrected chi connectivity index (χ3v) is 4.96. The summed E-state index contributed by atoms with van der Waals surface area (Å²) < 4.78 is 7.27. The summed E-state index contributed by atoms with van der Waals surface area (Å²) in [7, 11) is 0. The molecule has 1 aliphatic carbocycles. The Bertz CT molecular complexity index is 940. The van der Waals surface area contributed by atoms with Crippen LogP contribution in [0.3, 0.4) is 0 Å². The normalized spacial score (nSPS) is 13.5. The van der Waals surface area contributed by atoms with Gasteiger partial charge in [0.15, 0.2) is 5.69 Å². The first kappa shape index (κ1) is 16.6. The first-order valence-corrected chi connectivity index (χ1v) is 9.00. The number of aryl methyl sites for hydroxylation is 2. The number of rotatable bonds is 4. The van der Waals surface area contributed by atoms with Gasteiger partial charge in [-0.25, -0.2) is 0 Å². The van der Waals surface area contributed by atoms with Crippen molar-refractivity contribution in [3.05, 3.63) is 64.3 Å². The van der Waals surface area contributed by atoms with Crippen molar-refractivity contribution in [2.75, 3.05) is 5.32 Å². The number of nitrogens with one attached hydrogen (secondary N) is 1. The monoisotopic (exact) mass is 350 g/mol. The van der Waals surface area contributed by atoms with E-state index in [1.54, 1.807) is 0 Å². The maximum Gasteiger partial charge on any atom is 0.278 e. The molecule has 1 amide bonds. The molecule has 0 spiro atoms. The van der Waals surface area contributed by atoms with Gasteiger partial charge < -0.3 is 9.84 Å². The number of fused-ring (bicyclic) bond motifs is 1. The van der Waals surface area contributed by atoms with Crippen LogP contribution in [0.4, 0.5) is 5.69 Å². The van der Waals surface area contributed by atoms with E-state index in [2.05, 4.69) is 27.7 Å². The van der Waals surface area contributed by atoms with Gasteiger partial charge in [-0.1, -0.05) is 35.5 Å². The zero-order valence-corrected chi connectivity index (χ0v) is 15.1. The third kappa shape index (κ3) is 3.03. The standard InChI is InChI=1S/C20H22N4O2/c1-13-18(14(2)24(22-13)12-15-8-4-3-5-9-15)21-20(25)19-16-10-6-7-11-17(16)26-23-19/h3-5,8-9H,6-7,10-12H2,1-2H3,(H,21,25). The predicted octanol–water partition coefficient (Wildman–Crippen LogP) is 3.67. The van der Waals surface area contributed by atoms with Gasteiger partial charge in [-0.3, -0.25) is 9.48 Å². The molecule has 3 aromatic rings. The Balaban J connectivity index is 1.57. The highest BCUT2D eigenvalue weighted by molar-refractivity contribution is 6.04. The molecule has 4 rings (SSSR count). The second kappa shape index (κ2) is 6.78. The zero-order valence-electron chi connectivity index (χ0n) is 15.1. The average molecular weight is 350 g/mol. The predicted molar refractivity (Wildman–Crippen MR) is 98.3 cm³/mol. The van der Waals surface area contributed by atoms with Gasteiger partial charge in [-0.05, 0) is 38.7 Å². The lowest BCUT2D eigenvalue weighted by molar-refractivity contribution is 0.101. The van der Waals surface area contributed by atoms with E-state index in [9.17, 15) is 4.79 Å². The Morgan fingerprint density at radius 1 is 1.19 bits per heavy atom. The fraction of sp³-hybridized carbons (Fsp3) is 0.350. The fourth-order valence-electron chi connectivity index (χ4n) is 3.52. The minimum atomic E-state index is -0.220. The van der Waals surface area contributed by atoms with Gasteiger partial charge in [-0.15, -0.1) is 0 Å². The number of hydrogen-bond acceptors (Lipinski definition) is 4. The van der Waals surface area contributed by atoms with E-state index in [1.807, 2.05) is 36.7 Å². The van der Waals surface area contributed by atoms with Crippen LogP contribution >= 0.6 is 0 Å². The highest BCUT2D eigenvalue weighted by atomic mass is 16.5. The molecule has 6 heteroatoms. The van der Waals surface area contributed by atoms with E-state index in [1.165, 1.54) is 5.56 Å². The number of benzene rings is 1. The number of carbonyl (C=O) groups is 1. The van der Waals surface area contributed by atoms with E-state index in [0.29, 0.717) is 12.2 Å². The molecule has 1 N–H and O–H groups in total. The van der Waals surface area contributed by atoms with Crippen LogP contribution in [-0.2, 0) is 19.4 Å². The highest BCUT2D eigenvalue weighted by Gasteiger charge is 2.25. The largest absolute Gasteiger partial charge is 0.360 e. The Hall–Kier alpha value is -2.89. The molecule has 2 heterocycles.